The number of rotatable bonds is 8. The van der Waals surface area contributed by atoms with Crippen molar-refractivity contribution in [2.45, 2.75) is 19.9 Å². The Hall–Kier alpha value is -2.09. The molecule has 0 saturated heterocycles. The lowest BCUT2D eigenvalue weighted by Crippen LogP contribution is -2.40. The van der Waals surface area contributed by atoms with Crippen molar-refractivity contribution in [3.05, 3.63) is 30.1 Å². The molecular weight excluding hydrogens is 321 g/mol. The highest BCUT2D eigenvalue weighted by molar-refractivity contribution is 8.00. The maximum Gasteiger partial charge on any atom is 0.239 e. The molecular formula is C15H20FN3O3S. The van der Waals surface area contributed by atoms with Gasteiger partial charge in [-0.25, -0.2) is 4.39 Å². The first-order chi connectivity index (χ1) is 10.9. The number of anilines is 1. The average molecular weight is 341 g/mol. The Morgan fingerprint density at radius 1 is 1.09 bits per heavy atom. The minimum atomic E-state index is -0.514. The smallest absolute Gasteiger partial charge is 0.239 e. The summed E-state index contributed by atoms with van der Waals surface area (Å²) in [7, 11) is 0. The van der Waals surface area contributed by atoms with Crippen molar-refractivity contribution < 1.29 is 18.8 Å². The average Bonchev–Trinajstić information content (AvgIpc) is 2.47. The lowest BCUT2D eigenvalue weighted by atomic mass is 10.3. The lowest BCUT2D eigenvalue weighted by Gasteiger charge is -2.09. The van der Waals surface area contributed by atoms with Crippen molar-refractivity contribution in [2.24, 2.45) is 0 Å². The Bertz CT molecular complexity index is 567. The third-order valence-corrected chi connectivity index (χ3v) is 3.44. The topological polar surface area (TPSA) is 87.3 Å². The fourth-order valence-corrected chi connectivity index (χ4v) is 2.24. The van der Waals surface area contributed by atoms with E-state index >= 15 is 0 Å². The number of thioether (sulfide) groups is 1. The summed E-state index contributed by atoms with van der Waals surface area (Å²) < 4.78 is 13.3. The fourth-order valence-electron chi connectivity index (χ4n) is 1.59. The van der Waals surface area contributed by atoms with Crippen molar-refractivity contribution >= 4 is 35.2 Å². The highest BCUT2D eigenvalue weighted by atomic mass is 32.2. The third kappa shape index (κ3) is 8.20. The number of nitrogens with one attached hydrogen (secondary N) is 3. The highest BCUT2D eigenvalue weighted by Crippen LogP contribution is 2.12. The van der Waals surface area contributed by atoms with Gasteiger partial charge in [0.15, 0.2) is 0 Å². The molecule has 8 heteroatoms. The normalized spacial score (nSPS) is 10.3. The van der Waals surface area contributed by atoms with Crippen LogP contribution in [0.5, 0.6) is 0 Å². The fraction of sp³-hybridized carbons (Fsp3) is 0.400. The van der Waals surface area contributed by atoms with Crippen molar-refractivity contribution in [1.82, 2.24) is 10.6 Å². The van der Waals surface area contributed by atoms with E-state index in [-0.39, 0.29) is 41.6 Å². The number of benzene rings is 1. The first kappa shape index (κ1) is 19.0. The predicted octanol–water partition coefficient (Wildman–Crippen LogP) is 1.14. The Labute approximate surface area is 138 Å². The Kier molecular flexibility index (Phi) is 8.10. The van der Waals surface area contributed by atoms with E-state index in [0.29, 0.717) is 0 Å². The molecule has 1 aromatic rings. The number of halogens is 1. The summed E-state index contributed by atoms with van der Waals surface area (Å²) in [6, 6.07) is 5.85. The first-order valence-corrected chi connectivity index (χ1v) is 8.22. The Balaban J connectivity index is 2.21. The molecule has 23 heavy (non-hydrogen) atoms. The van der Waals surface area contributed by atoms with Crippen LogP contribution in [-0.4, -0.2) is 41.8 Å². The molecule has 0 spiro atoms. The highest BCUT2D eigenvalue weighted by Gasteiger charge is 2.09. The zero-order chi connectivity index (χ0) is 17.2. The van der Waals surface area contributed by atoms with Gasteiger partial charge in [-0.2, -0.15) is 0 Å². The van der Waals surface area contributed by atoms with Crippen molar-refractivity contribution in [1.29, 1.82) is 0 Å². The van der Waals surface area contributed by atoms with E-state index in [9.17, 15) is 18.8 Å². The first-order valence-electron chi connectivity index (χ1n) is 7.06. The van der Waals surface area contributed by atoms with Crippen LogP contribution in [0.2, 0.25) is 0 Å². The van der Waals surface area contributed by atoms with Gasteiger partial charge in [0.1, 0.15) is 5.82 Å². The summed E-state index contributed by atoms with van der Waals surface area (Å²) in [5, 5.41) is 7.53. The van der Waals surface area contributed by atoms with Gasteiger partial charge < -0.3 is 16.0 Å². The van der Waals surface area contributed by atoms with Gasteiger partial charge in [0, 0.05) is 6.04 Å². The van der Waals surface area contributed by atoms with Crippen LogP contribution < -0.4 is 16.0 Å². The lowest BCUT2D eigenvalue weighted by molar-refractivity contribution is -0.125. The predicted molar refractivity (Wildman–Crippen MR) is 88.6 cm³/mol. The number of amides is 3. The molecule has 126 valence electrons. The van der Waals surface area contributed by atoms with Gasteiger partial charge >= 0.3 is 0 Å². The van der Waals surface area contributed by atoms with Crippen LogP contribution in [0.4, 0.5) is 10.1 Å². The molecule has 0 aliphatic carbocycles. The number of carbonyl (C=O) groups is 3. The van der Waals surface area contributed by atoms with Crippen LogP contribution in [0.25, 0.3) is 0 Å². The van der Waals surface area contributed by atoms with Crippen molar-refractivity contribution in [3.8, 4) is 0 Å². The minimum Gasteiger partial charge on any atom is -0.352 e. The van der Waals surface area contributed by atoms with E-state index in [2.05, 4.69) is 16.0 Å². The molecule has 0 unspecified atom stereocenters. The Morgan fingerprint density at radius 3 is 2.39 bits per heavy atom. The second-order valence-electron chi connectivity index (χ2n) is 5.02. The van der Waals surface area contributed by atoms with Gasteiger partial charge in [-0.1, -0.05) is 12.1 Å². The maximum atomic E-state index is 13.3. The standard InChI is InChI=1S/C15H20FN3O3S/c1-10(2)18-13(20)7-17-14(21)8-23-9-15(22)19-12-6-4-3-5-11(12)16/h3-6,10H,7-9H2,1-2H3,(H,17,21)(H,18,20)(H,19,22). The summed E-state index contributed by atoms with van der Waals surface area (Å²) in [6.45, 7) is 3.55. The summed E-state index contributed by atoms with van der Waals surface area (Å²) in [6.07, 6.45) is 0. The molecule has 0 bridgehead atoms. The quantitative estimate of drug-likeness (QED) is 0.662. The number of hydrogen-bond donors (Lipinski definition) is 3. The maximum absolute atomic E-state index is 13.3. The Morgan fingerprint density at radius 2 is 1.74 bits per heavy atom. The van der Waals surface area contributed by atoms with Crippen LogP contribution in [0.3, 0.4) is 0 Å². The van der Waals surface area contributed by atoms with E-state index in [1.807, 2.05) is 13.8 Å². The van der Waals surface area contributed by atoms with Crippen molar-refractivity contribution in [2.75, 3.05) is 23.4 Å². The van der Waals surface area contributed by atoms with Crippen LogP contribution in [0, 0.1) is 5.82 Å². The summed E-state index contributed by atoms with van der Waals surface area (Å²) >= 11 is 1.08. The summed E-state index contributed by atoms with van der Waals surface area (Å²) in [5.74, 6) is -1.46. The van der Waals surface area contributed by atoms with Crippen LogP contribution in [0.1, 0.15) is 13.8 Å². The minimum absolute atomic E-state index is 0.0101. The molecule has 0 aliphatic heterocycles. The molecule has 0 saturated carbocycles. The SMILES string of the molecule is CC(C)NC(=O)CNC(=O)CSCC(=O)Nc1ccccc1F. The summed E-state index contributed by atoms with van der Waals surface area (Å²) in [5.41, 5.74) is 0.105. The molecule has 1 aromatic carbocycles. The van der Waals surface area contributed by atoms with E-state index in [1.54, 1.807) is 6.07 Å². The molecule has 0 aromatic heterocycles. The van der Waals surface area contributed by atoms with Crippen LogP contribution >= 0.6 is 11.8 Å². The molecule has 6 nitrogen and oxygen atoms in total. The number of hydrogen-bond acceptors (Lipinski definition) is 4. The van der Waals surface area contributed by atoms with E-state index in [1.165, 1.54) is 18.2 Å². The van der Waals surface area contributed by atoms with Gasteiger partial charge in [-0.05, 0) is 26.0 Å². The van der Waals surface area contributed by atoms with Crippen LogP contribution in [-0.2, 0) is 14.4 Å². The molecule has 3 amide bonds. The van der Waals surface area contributed by atoms with Gasteiger partial charge in [-0.15, -0.1) is 11.8 Å². The third-order valence-electron chi connectivity index (χ3n) is 2.51. The van der Waals surface area contributed by atoms with Crippen LogP contribution in [0.15, 0.2) is 24.3 Å². The largest absolute Gasteiger partial charge is 0.352 e. The molecule has 0 radical (unpaired) electrons. The second kappa shape index (κ2) is 9.83. The zero-order valence-electron chi connectivity index (χ0n) is 13.0. The molecule has 0 fully saturated rings. The van der Waals surface area contributed by atoms with Gasteiger partial charge in [0.05, 0.1) is 23.7 Å². The van der Waals surface area contributed by atoms with Gasteiger partial charge in [0.25, 0.3) is 0 Å². The van der Waals surface area contributed by atoms with Gasteiger partial charge in [0.2, 0.25) is 17.7 Å². The second-order valence-corrected chi connectivity index (χ2v) is 6.01. The summed E-state index contributed by atoms with van der Waals surface area (Å²) in [4.78, 5) is 34.5. The number of para-hydroxylation sites is 1. The molecule has 0 atom stereocenters. The van der Waals surface area contributed by atoms with Gasteiger partial charge in [-0.3, -0.25) is 14.4 Å². The zero-order valence-corrected chi connectivity index (χ0v) is 13.8. The van der Waals surface area contributed by atoms with E-state index < -0.39 is 11.7 Å². The number of carbonyl (C=O) groups excluding carboxylic acids is 3. The molecule has 3 N–H and O–H groups in total. The molecule has 1 rings (SSSR count). The van der Waals surface area contributed by atoms with E-state index in [4.69, 9.17) is 0 Å². The molecule has 0 aliphatic rings. The monoisotopic (exact) mass is 341 g/mol. The van der Waals surface area contributed by atoms with E-state index in [0.717, 1.165) is 11.8 Å². The molecule has 0 heterocycles. The van der Waals surface area contributed by atoms with Crippen molar-refractivity contribution in [3.63, 3.8) is 0 Å².